The lowest BCUT2D eigenvalue weighted by molar-refractivity contribution is -0.137. The van der Waals surface area contributed by atoms with E-state index in [1.54, 1.807) is 0 Å². The molecule has 2 N–H and O–H groups in total. The van der Waals surface area contributed by atoms with Crippen LogP contribution in [0.5, 0.6) is 0 Å². The first kappa shape index (κ1) is 17.1. The third-order valence-corrected chi connectivity index (χ3v) is 4.68. The second-order valence-corrected chi connectivity index (χ2v) is 7.72. The summed E-state index contributed by atoms with van der Waals surface area (Å²) < 4.78 is 0. The number of carbonyl (C=O) groups excluding carboxylic acids is 2. The van der Waals surface area contributed by atoms with Crippen LogP contribution >= 0.6 is 0 Å². The van der Waals surface area contributed by atoms with E-state index in [1.165, 1.54) is 25.7 Å². The second kappa shape index (κ2) is 7.34. The summed E-state index contributed by atoms with van der Waals surface area (Å²) >= 11 is 0. The van der Waals surface area contributed by atoms with E-state index in [0.717, 1.165) is 19.4 Å². The number of urea groups is 1. The highest BCUT2D eigenvalue weighted by atomic mass is 16.2. The van der Waals surface area contributed by atoms with Gasteiger partial charge in [-0.05, 0) is 52.4 Å². The topological polar surface area (TPSA) is 61.4 Å². The van der Waals surface area contributed by atoms with Crippen molar-refractivity contribution in [2.75, 3.05) is 13.1 Å². The highest BCUT2D eigenvalue weighted by Gasteiger charge is 2.35. The molecule has 5 heteroatoms. The molecule has 0 bridgehead atoms. The molecular formula is C17H31N3O2. The van der Waals surface area contributed by atoms with Gasteiger partial charge in [-0.2, -0.15) is 0 Å². The van der Waals surface area contributed by atoms with E-state index in [4.69, 9.17) is 0 Å². The molecule has 2 fully saturated rings. The normalized spacial score (nSPS) is 25.3. The monoisotopic (exact) mass is 309 g/mol. The molecule has 1 saturated carbocycles. The number of rotatable bonds is 3. The molecule has 126 valence electrons. The fourth-order valence-electron chi connectivity index (χ4n) is 3.75. The molecule has 0 radical (unpaired) electrons. The first-order valence-electron chi connectivity index (χ1n) is 8.72. The van der Waals surface area contributed by atoms with Gasteiger partial charge >= 0.3 is 6.03 Å². The molecule has 1 heterocycles. The van der Waals surface area contributed by atoms with Gasteiger partial charge in [-0.1, -0.05) is 12.8 Å². The van der Waals surface area contributed by atoms with Crippen LogP contribution in [0.1, 0.15) is 65.7 Å². The van der Waals surface area contributed by atoms with Gasteiger partial charge in [-0.25, -0.2) is 4.79 Å². The van der Waals surface area contributed by atoms with Crippen LogP contribution in [-0.2, 0) is 4.79 Å². The summed E-state index contributed by atoms with van der Waals surface area (Å²) in [5, 5.41) is 5.63. The molecule has 3 amide bonds. The molecule has 0 aromatic rings. The van der Waals surface area contributed by atoms with Crippen molar-refractivity contribution in [3.63, 3.8) is 0 Å². The fraction of sp³-hybridized carbons (Fsp3) is 0.882. The summed E-state index contributed by atoms with van der Waals surface area (Å²) in [6.07, 6.45) is 7.82. The second-order valence-electron chi connectivity index (χ2n) is 7.72. The molecule has 0 aromatic carbocycles. The molecule has 1 aliphatic heterocycles. The van der Waals surface area contributed by atoms with Crippen molar-refractivity contribution in [3.05, 3.63) is 0 Å². The number of hydrogen-bond acceptors (Lipinski definition) is 2. The summed E-state index contributed by atoms with van der Waals surface area (Å²) in [6.45, 7) is 7.13. The van der Waals surface area contributed by atoms with Crippen LogP contribution in [-0.4, -0.2) is 41.5 Å². The van der Waals surface area contributed by atoms with Crippen molar-refractivity contribution in [2.45, 2.75) is 77.3 Å². The quantitative estimate of drug-likeness (QED) is 0.842. The van der Waals surface area contributed by atoms with E-state index in [9.17, 15) is 9.59 Å². The van der Waals surface area contributed by atoms with Crippen molar-refractivity contribution < 1.29 is 9.59 Å². The lowest BCUT2D eigenvalue weighted by atomic mass is 9.78. The Morgan fingerprint density at radius 1 is 1.09 bits per heavy atom. The van der Waals surface area contributed by atoms with Crippen LogP contribution in [0, 0.1) is 5.92 Å². The third-order valence-electron chi connectivity index (χ3n) is 4.68. The van der Waals surface area contributed by atoms with E-state index in [1.807, 2.05) is 20.8 Å². The van der Waals surface area contributed by atoms with Gasteiger partial charge in [0.2, 0.25) is 5.91 Å². The highest BCUT2D eigenvalue weighted by Crippen LogP contribution is 2.35. The van der Waals surface area contributed by atoms with Crippen LogP contribution in [0.4, 0.5) is 4.79 Å². The Labute approximate surface area is 134 Å². The molecule has 2 unspecified atom stereocenters. The Morgan fingerprint density at radius 2 is 1.77 bits per heavy atom. The van der Waals surface area contributed by atoms with Crippen LogP contribution in [0.15, 0.2) is 0 Å². The zero-order valence-corrected chi connectivity index (χ0v) is 14.3. The summed E-state index contributed by atoms with van der Waals surface area (Å²) in [5.41, 5.74) is -0.254. The predicted octanol–water partition coefficient (Wildman–Crippen LogP) is 2.66. The lowest BCUT2D eigenvalue weighted by Gasteiger charge is -2.44. The minimum atomic E-state index is -0.254. The minimum Gasteiger partial charge on any atom is -0.339 e. The SMILES string of the molecule is CC(C)(C)NC(=O)NCCC(=O)N1CCCC2CCCCC21. The molecule has 0 spiro atoms. The van der Waals surface area contributed by atoms with Crippen molar-refractivity contribution in [1.82, 2.24) is 15.5 Å². The Morgan fingerprint density at radius 3 is 2.50 bits per heavy atom. The van der Waals surface area contributed by atoms with Crippen LogP contribution in [0.2, 0.25) is 0 Å². The van der Waals surface area contributed by atoms with Crippen LogP contribution < -0.4 is 10.6 Å². The summed E-state index contributed by atoms with van der Waals surface area (Å²) in [5.74, 6) is 0.913. The maximum Gasteiger partial charge on any atom is 0.315 e. The fourth-order valence-corrected chi connectivity index (χ4v) is 3.75. The molecule has 1 aliphatic carbocycles. The average molecular weight is 309 g/mol. The van der Waals surface area contributed by atoms with Crippen molar-refractivity contribution in [2.24, 2.45) is 5.92 Å². The highest BCUT2D eigenvalue weighted by molar-refractivity contribution is 5.79. The molecule has 22 heavy (non-hydrogen) atoms. The van der Waals surface area contributed by atoms with Crippen molar-refractivity contribution in [1.29, 1.82) is 0 Å². The average Bonchev–Trinajstić information content (AvgIpc) is 2.44. The molecule has 2 aliphatic rings. The minimum absolute atomic E-state index is 0.200. The Kier molecular flexibility index (Phi) is 5.70. The van der Waals surface area contributed by atoms with E-state index < -0.39 is 0 Å². The van der Waals surface area contributed by atoms with Gasteiger partial charge in [0.15, 0.2) is 0 Å². The summed E-state index contributed by atoms with van der Waals surface area (Å²) in [6, 6.07) is 0.257. The Hall–Kier alpha value is -1.26. The lowest BCUT2D eigenvalue weighted by Crippen LogP contribution is -2.51. The molecule has 2 rings (SSSR count). The van der Waals surface area contributed by atoms with Crippen LogP contribution in [0.3, 0.4) is 0 Å². The molecule has 1 saturated heterocycles. The number of hydrogen-bond donors (Lipinski definition) is 2. The zero-order valence-electron chi connectivity index (χ0n) is 14.3. The van der Waals surface area contributed by atoms with Crippen molar-refractivity contribution in [3.8, 4) is 0 Å². The van der Waals surface area contributed by atoms with Gasteiger partial charge in [0.1, 0.15) is 0 Å². The first-order valence-corrected chi connectivity index (χ1v) is 8.72. The third kappa shape index (κ3) is 4.89. The van der Waals surface area contributed by atoms with Crippen molar-refractivity contribution >= 4 is 11.9 Å². The zero-order chi connectivity index (χ0) is 16.2. The molecule has 2 atom stereocenters. The van der Waals surface area contributed by atoms with Gasteiger partial charge < -0.3 is 15.5 Å². The number of amides is 3. The Balaban J connectivity index is 1.75. The smallest absolute Gasteiger partial charge is 0.315 e. The summed E-state index contributed by atoms with van der Waals surface area (Å²) in [7, 11) is 0. The Bertz CT molecular complexity index is 401. The first-order chi connectivity index (χ1) is 10.4. The van der Waals surface area contributed by atoms with Gasteiger partial charge in [0.05, 0.1) is 0 Å². The van der Waals surface area contributed by atoms with Gasteiger partial charge in [0.25, 0.3) is 0 Å². The number of fused-ring (bicyclic) bond motifs is 1. The largest absolute Gasteiger partial charge is 0.339 e. The van der Waals surface area contributed by atoms with Gasteiger partial charge in [-0.3, -0.25) is 4.79 Å². The molecule has 0 aromatic heterocycles. The van der Waals surface area contributed by atoms with E-state index in [2.05, 4.69) is 15.5 Å². The van der Waals surface area contributed by atoms with Gasteiger partial charge in [-0.15, -0.1) is 0 Å². The summed E-state index contributed by atoms with van der Waals surface area (Å²) in [4.78, 5) is 26.3. The molecule has 5 nitrogen and oxygen atoms in total. The maximum absolute atomic E-state index is 12.5. The van der Waals surface area contributed by atoms with Crippen LogP contribution in [0.25, 0.3) is 0 Å². The maximum atomic E-state index is 12.5. The van der Waals surface area contributed by atoms with E-state index in [0.29, 0.717) is 24.9 Å². The number of likely N-dealkylation sites (tertiary alicyclic amines) is 1. The standard InChI is InChI=1S/C17H31N3O2/c1-17(2,3)19-16(22)18-11-10-15(21)20-12-6-8-13-7-4-5-9-14(13)20/h13-14H,4-12H2,1-3H3,(H2,18,19,22). The van der Waals surface area contributed by atoms with E-state index >= 15 is 0 Å². The number of nitrogens with zero attached hydrogens (tertiary/aromatic N) is 1. The van der Waals surface area contributed by atoms with E-state index in [-0.39, 0.29) is 17.5 Å². The predicted molar refractivity (Wildman–Crippen MR) is 87.6 cm³/mol. The number of piperidine rings is 1. The number of nitrogens with one attached hydrogen (secondary N) is 2. The van der Waals surface area contributed by atoms with Gasteiger partial charge in [0, 0.05) is 31.1 Å². The number of carbonyl (C=O) groups is 2. The molecular weight excluding hydrogens is 278 g/mol.